The maximum atomic E-state index is 13.1. The molecule has 0 bridgehead atoms. The molecular weight excluding hydrogens is 480 g/mol. The number of hydrogen-bond acceptors (Lipinski definition) is 8. The van der Waals surface area contributed by atoms with Gasteiger partial charge in [-0.05, 0) is 37.2 Å². The fourth-order valence-electron chi connectivity index (χ4n) is 2.97. The van der Waals surface area contributed by atoms with Gasteiger partial charge >= 0.3 is 5.97 Å². The highest BCUT2D eigenvalue weighted by Crippen LogP contribution is 2.11. The summed E-state index contributed by atoms with van der Waals surface area (Å²) in [4.78, 5) is 71.8. The van der Waals surface area contributed by atoms with Crippen molar-refractivity contribution < 1.29 is 33.9 Å². The van der Waals surface area contributed by atoms with E-state index in [2.05, 4.69) is 16.0 Å². The normalized spacial score (nSPS) is 15.1. The molecule has 10 N–H and O–H groups in total. The topological polar surface area (TPSA) is 237 Å². The standard InChI is InChI=1S/C21H38N6O7S/c1-4-11(2)17(27-18(30)12(22)5-7-15(23)28)20(32)25-13(9-10-35-3)19(31)26-14(21(33)34)6-8-16(24)29/h11-14,17H,4-10,22H2,1-3H3,(H2,23,28)(H2,24,29)(H,25,32)(H,26,31)(H,27,30)(H,33,34). The van der Waals surface area contributed by atoms with Crippen molar-refractivity contribution in [2.24, 2.45) is 23.1 Å². The van der Waals surface area contributed by atoms with Gasteiger partial charge in [0.1, 0.15) is 18.1 Å². The molecule has 0 aromatic heterocycles. The summed E-state index contributed by atoms with van der Waals surface area (Å²) in [5.41, 5.74) is 15.9. The molecule has 14 heteroatoms. The monoisotopic (exact) mass is 518 g/mol. The molecule has 0 aliphatic rings. The Labute approximate surface area is 209 Å². The first kappa shape index (κ1) is 32.1. The zero-order valence-corrected chi connectivity index (χ0v) is 21.2. The number of carboxylic acid groups (broad SMARTS) is 1. The number of amides is 5. The minimum Gasteiger partial charge on any atom is -0.480 e. The molecule has 35 heavy (non-hydrogen) atoms. The van der Waals surface area contributed by atoms with Crippen molar-refractivity contribution in [3.63, 3.8) is 0 Å². The van der Waals surface area contributed by atoms with Crippen LogP contribution in [0.3, 0.4) is 0 Å². The Balaban J connectivity index is 5.49. The van der Waals surface area contributed by atoms with Crippen LogP contribution in [-0.4, -0.2) is 76.8 Å². The van der Waals surface area contributed by atoms with Crippen LogP contribution >= 0.6 is 11.8 Å². The highest BCUT2D eigenvalue weighted by Gasteiger charge is 2.32. The molecule has 0 radical (unpaired) electrons. The summed E-state index contributed by atoms with van der Waals surface area (Å²) in [6.45, 7) is 3.55. The van der Waals surface area contributed by atoms with Crippen LogP contribution < -0.4 is 33.2 Å². The number of rotatable bonds is 18. The number of thioether (sulfide) groups is 1. The van der Waals surface area contributed by atoms with Gasteiger partial charge in [0.25, 0.3) is 0 Å². The van der Waals surface area contributed by atoms with Crippen molar-refractivity contribution >= 4 is 47.3 Å². The lowest BCUT2D eigenvalue weighted by atomic mass is 9.97. The maximum absolute atomic E-state index is 13.1. The smallest absolute Gasteiger partial charge is 0.326 e. The minimum absolute atomic E-state index is 0.0106. The fourth-order valence-corrected chi connectivity index (χ4v) is 3.44. The Morgan fingerprint density at radius 3 is 1.86 bits per heavy atom. The number of primary amides is 2. The molecule has 0 heterocycles. The molecule has 5 amide bonds. The number of aliphatic carboxylic acids is 1. The van der Waals surface area contributed by atoms with E-state index in [0.717, 1.165) is 0 Å². The number of carbonyl (C=O) groups excluding carboxylic acids is 5. The van der Waals surface area contributed by atoms with Gasteiger partial charge in [0.15, 0.2) is 0 Å². The van der Waals surface area contributed by atoms with E-state index in [4.69, 9.17) is 17.2 Å². The third-order valence-electron chi connectivity index (χ3n) is 5.37. The zero-order chi connectivity index (χ0) is 27.1. The van der Waals surface area contributed by atoms with Gasteiger partial charge in [-0.25, -0.2) is 4.79 Å². The quantitative estimate of drug-likeness (QED) is 0.108. The van der Waals surface area contributed by atoms with E-state index in [1.807, 2.05) is 6.92 Å². The summed E-state index contributed by atoms with van der Waals surface area (Å²) in [6.07, 6.45) is 2.00. The maximum Gasteiger partial charge on any atom is 0.326 e. The second-order valence-corrected chi connectivity index (χ2v) is 9.22. The number of carbonyl (C=O) groups is 6. The van der Waals surface area contributed by atoms with Crippen LogP contribution in [0, 0.1) is 5.92 Å². The Bertz CT molecular complexity index is 766. The average molecular weight is 519 g/mol. The van der Waals surface area contributed by atoms with E-state index in [1.54, 1.807) is 13.2 Å². The van der Waals surface area contributed by atoms with Gasteiger partial charge < -0.3 is 38.3 Å². The van der Waals surface area contributed by atoms with E-state index in [1.165, 1.54) is 11.8 Å². The summed E-state index contributed by atoms with van der Waals surface area (Å²) in [6, 6.07) is -4.53. The molecule has 13 nitrogen and oxygen atoms in total. The molecular formula is C21H38N6O7S. The molecule has 0 fully saturated rings. The largest absolute Gasteiger partial charge is 0.480 e. The van der Waals surface area contributed by atoms with Crippen LogP contribution in [0.5, 0.6) is 0 Å². The number of hydrogen-bond donors (Lipinski definition) is 7. The van der Waals surface area contributed by atoms with E-state index < -0.39 is 59.7 Å². The van der Waals surface area contributed by atoms with E-state index in [9.17, 15) is 33.9 Å². The Hall–Kier alpha value is -2.87. The SMILES string of the molecule is CCC(C)C(NC(=O)C(N)CCC(N)=O)C(=O)NC(CCSC)C(=O)NC(CCC(N)=O)C(=O)O. The molecule has 0 rings (SSSR count). The Kier molecular flexibility index (Phi) is 15.3. The van der Waals surface area contributed by atoms with Crippen molar-refractivity contribution in [2.75, 3.05) is 12.0 Å². The third kappa shape index (κ3) is 13.0. The van der Waals surface area contributed by atoms with Crippen LogP contribution in [-0.2, 0) is 28.8 Å². The van der Waals surface area contributed by atoms with Crippen molar-refractivity contribution in [1.82, 2.24) is 16.0 Å². The van der Waals surface area contributed by atoms with Gasteiger partial charge in [0.2, 0.25) is 29.5 Å². The first-order valence-corrected chi connectivity index (χ1v) is 12.7. The Morgan fingerprint density at radius 1 is 0.829 bits per heavy atom. The molecule has 0 aromatic carbocycles. The van der Waals surface area contributed by atoms with Crippen LogP contribution in [0.25, 0.3) is 0 Å². The van der Waals surface area contributed by atoms with E-state index in [-0.39, 0.29) is 38.0 Å². The van der Waals surface area contributed by atoms with Crippen molar-refractivity contribution in [2.45, 2.75) is 76.5 Å². The molecule has 0 spiro atoms. The number of carboxylic acids is 1. The fraction of sp³-hybridized carbons (Fsp3) is 0.714. The van der Waals surface area contributed by atoms with Gasteiger partial charge in [-0.15, -0.1) is 0 Å². The van der Waals surface area contributed by atoms with Crippen molar-refractivity contribution in [3.8, 4) is 0 Å². The van der Waals surface area contributed by atoms with Crippen molar-refractivity contribution in [3.05, 3.63) is 0 Å². The van der Waals surface area contributed by atoms with Gasteiger partial charge in [-0.1, -0.05) is 20.3 Å². The summed E-state index contributed by atoms with van der Waals surface area (Å²) >= 11 is 1.42. The molecule has 0 aliphatic carbocycles. The molecule has 0 aromatic rings. The van der Waals surface area contributed by atoms with Crippen LogP contribution in [0.15, 0.2) is 0 Å². The average Bonchev–Trinajstić information content (AvgIpc) is 2.79. The predicted molar refractivity (Wildman–Crippen MR) is 131 cm³/mol. The zero-order valence-electron chi connectivity index (χ0n) is 20.4. The number of nitrogens with one attached hydrogen (secondary N) is 3. The molecule has 5 unspecified atom stereocenters. The van der Waals surface area contributed by atoms with Crippen molar-refractivity contribution in [1.29, 1.82) is 0 Å². The summed E-state index contributed by atoms with van der Waals surface area (Å²) in [7, 11) is 0. The van der Waals surface area contributed by atoms with Gasteiger partial charge in [0, 0.05) is 12.8 Å². The Morgan fingerprint density at radius 2 is 1.37 bits per heavy atom. The number of nitrogens with two attached hydrogens (primary N) is 3. The highest BCUT2D eigenvalue weighted by atomic mass is 32.2. The van der Waals surface area contributed by atoms with E-state index >= 15 is 0 Å². The molecule has 0 saturated heterocycles. The van der Waals surface area contributed by atoms with Crippen LogP contribution in [0.2, 0.25) is 0 Å². The summed E-state index contributed by atoms with van der Waals surface area (Å²) < 4.78 is 0. The van der Waals surface area contributed by atoms with E-state index in [0.29, 0.717) is 12.2 Å². The van der Waals surface area contributed by atoms with Gasteiger partial charge in [0.05, 0.1) is 6.04 Å². The first-order valence-electron chi connectivity index (χ1n) is 11.3. The summed E-state index contributed by atoms with van der Waals surface area (Å²) in [5.74, 6) is -4.53. The van der Waals surface area contributed by atoms with Crippen LogP contribution in [0.4, 0.5) is 0 Å². The highest BCUT2D eigenvalue weighted by molar-refractivity contribution is 7.98. The molecule has 5 atom stereocenters. The second-order valence-electron chi connectivity index (χ2n) is 8.23. The third-order valence-corrected chi connectivity index (χ3v) is 6.01. The van der Waals surface area contributed by atoms with Gasteiger partial charge in [-0.3, -0.25) is 24.0 Å². The lowest BCUT2D eigenvalue weighted by Crippen LogP contribution is -2.58. The predicted octanol–water partition coefficient (Wildman–Crippen LogP) is -1.82. The first-order chi connectivity index (χ1) is 16.3. The molecule has 200 valence electrons. The van der Waals surface area contributed by atoms with Crippen LogP contribution in [0.1, 0.15) is 52.4 Å². The lowest BCUT2D eigenvalue weighted by molar-refractivity contribution is -0.142. The minimum atomic E-state index is -1.36. The second kappa shape index (κ2) is 16.7. The summed E-state index contributed by atoms with van der Waals surface area (Å²) in [5, 5.41) is 16.8. The molecule has 0 saturated carbocycles. The van der Waals surface area contributed by atoms with Gasteiger partial charge in [-0.2, -0.15) is 11.8 Å². The lowest BCUT2D eigenvalue weighted by Gasteiger charge is -2.28. The molecule has 0 aliphatic heterocycles.